The van der Waals surface area contributed by atoms with E-state index in [1.54, 1.807) is 13.2 Å². The van der Waals surface area contributed by atoms with Gasteiger partial charge in [-0.2, -0.15) is 0 Å². The number of benzene rings is 1. The summed E-state index contributed by atoms with van der Waals surface area (Å²) in [5, 5.41) is 0. The quantitative estimate of drug-likeness (QED) is 0.848. The van der Waals surface area contributed by atoms with Crippen molar-refractivity contribution < 1.29 is 9.13 Å². The maximum atomic E-state index is 13.3. The smallest absolute Gasteiger partial charge is 0.137 e. The van der Waals surface area contributed by atoms with Crippen LogP contribution in [0.2, 0.25) is 0 Å². The molecule has 1 aromatic carbocycles. The van der Waals surface area contributed by atoms with Gasteiger partial charge in [0.05, 0.1) is 10.6 Å². The summed E-state index contributed by atoms with van der Waals surface area (Å²) in [4.78, 5) is 2.29. The first kappa shape index (κ1) is 12.0. The summed E-state index contributed by atoms with van der Waals surface area (Å²) in [5.41, 5.74) is 0.997. The van der Waals surface area contributed by atoms with Crippen molar-refractivity contribution in [3.63, 3.8) is 0 Å². The van der Waals surface area contributed by atoms with Crippen LogP contribution in [0.5, 0.6) is 0 Å². The van der Waals surface area contributed by atoms with Crippen molar-refractivity contribution in [3.8, 4) is 0 Å². The molecule has 1 saturated heterocycles. The van der Waals surface area contributed by atoms with Gasteiger partial charge < -0.3 is 4.74 Å². The van der Waals surface area contributed by atoms with Crippen LogP contribution < -0.4 is 0 Å². The molecule has 88 valence electrons. The van der Waals surface area contributed by atoms with E-state index in [0.29, 0.717) is 10.6 Å². The molecular weight excluding hydrogens is 273 g/mol. The summed E-state index contributed by atoms with van der Waals surface area (Å²) < 4.78 is 19.2. The van der Waals surface area contributed by atoms with Crippen molar-refractivity contribution in [2.45, 2.75) is 19.1 Å². The van der Waals surface area contributed by atoms with Crippen molar-refractivity contribution in [2.24, 2.45) is 0 Å². The van der Waals surface area contributed by atoms with Gasteiger partial charge in [0.25, 0.3) is 0 Å². The molecule has 0 spiro atoms. The first-order valence-electron chi connectivity index (χ1n) is 5.38. The van der Waals surface area contributed by atoms with Crippen molar-refractivity contribution >= 4 is 15.9 Å². The summed E-state index contributed by atoms with van der Waals surface area (Å²) in [6.07, 6.45) is 1.39. The maximum absolute atomic E-state index is 13.3. The van der Waals surface area contributed by atoms with Gasteiger partial charge in [0, 0.05) is 26.7 Å². The van der Waals surface area contributed by atoms with Crippen LogP contribution in [0.25, 0.3) is 0 Å². The highest BCUT2D eigenvalue weighted by molar-refractivity contribution is 9.10. The summed E-state index contributed by atoms with van der Waals surface area (Å²) >= 11 is 3.29. The molecule has 0 N–H and O–H groups in total. The number of ether oxygens (including phenoxy) is 1. The fourth-order valence-electron chi connectivity index (χ4n) is 2.04. The fraction of sp³-hybridized carbons (Fsp3) is 0.500. The molecule has 0 aromatic heterocycles. The predicted molar refractivity (Wildman–Crippen MR) is 64.8 cm³/mol. The van der Waals surface area contributed by atoms with Gasteiger partial charge in [-0.25, -0.2) is 4.39 Å². The molecule has 16 heavy (non-hydrogen) atoms. The Labute approximate surface area is 104 Å². The monoisotopic (exact) mass is 287 g/mol. The number of hydrogen-bond acceptors (Lipinski definition) is 2. The second kappa shape index (κ2) is 5.25. The highest BCUT2D eigenvalue weighted by Gasteiger charge is 2.22. The Hall–Kier alpha value is -0.450. The van der Waals surface area contributed by atoms with Crippen LogP contribution in [-0.4, -0.2) is 31.2 Å². The van der Waals surface area contributed by atoms with E-state index >= 15 is 0 Å². The van der Waals surface area contributed by atoms with Crippen molar-refractivity contribution in [2.75, 3.05) is 20.2 Å². The van der Waals surface area contributed by atoms with Gasteiger partial charge in [-0.3, -0.25) is 4.90 Å². The minimum Gasteiger partial charge on any atom is -0.380 e. The highest BCUT2D eigenvalue weighted by atomic mass is 79.9. The lowest BCUT2D eigenvalue weighted by molar-refractivity contribution is 0.107. The highest BCUT2D eigenvalue weighted by Crippen LogP contribution is 2.23. The molecule has 1 atom stereocenters. The van der Waals surface area contributed by atoms with Gasteiger partial charge in [0.1, 0.15) is 5.82 Å². The summed E-state index contributed by atoms with van der Waals surface area (Å²) in [7, 11) is 1.74. The number of methoxy groups -OCH3 is 1. The van der Waals surface area contributed by atoms with Gasteiger partial charge >= 0.3 is 0 Å². The normalized spacial score (nSPS) is 21.6. The zero-order chi connectivity index (χ0) is 11.5. The van der Waals surface area contributed by atoms with Crippen LogP contribution in [0.4, 0.5) is 4.39 Å². The lowest BCUT2D eigenvalue weighted by Gasteiger charge is -2.16. The number of hydrogen-bond donors (Lipinski definition) is 0. The van der Waals surface area contributed by atoms with Crippen molar-refractivity contribution in [1.82, 2.24) is 4.90 Å². The van der Waals surface area contributed by atoms with Gasteiger partial charge in [0.15, 0.2) is 0 Å². The van der Waals surface area contributed by atoms with E-state index in [0.717, 1.165) is 31.6 Å². The van der Waals surface area contributed by atoms with E-state index in [2.05, 4.69) is 20.8 Å². The lowest BCUT2D eigenvalue weighted by Crippen LogP contribution is -2.22. The molecule has 1 heterocycles. The van der Waals surface area contributed by atoms with E-state index in [1.807, 2.05) is 6.07 Å². The molecule has 0 amide bonds. The lowest BCUT2D eigenvalue weighted by atomic mass is 10.2. The predicted octanol–water partition coefficient (Wildman–Crippen LogP) is 2.81. The minimum absolute atomic E-state index is 0.194. The molecule has 1 aliphatic heterocycles. The maximum Gasteiger partial charge on any atom is 0.137 e. The van der Waals surface area contributed by atoms with Crippen LogP contribution in [0.3, 0.4) is 0 Å². The SMILES string of the molecule is CO[C@H]1CCN(Cc2cccc(F)c2Br)C1. The number of rotatable bonds is 3. The first-order chi connectivity index (χ1) is 7.70. The average Bonchev–Trinajstić information content (AvgIpc) is 2.73. The molecule has 1 aromatic rings. The summed E-state index contributed by atoms with van der Waals surface area (Å²) in [6.45, 7) is 2.72. The molecule has 0 aliphatic carbocycles. The molecule has 0 unspecified atom stereocenters. The summed E-state index contributed by atoms with van der Waals surface area (Å²) in [6, 6.07) is 5.17. The van der Waals surface area contributed by atoms with Crippen molar-refractivity contribution in [3.05, 3.63) is 34.1 Å². The Morgan fingerprint density at radius 3 is 3.06 bits per heavy atom. The molecule has 4 heteroatoms. The zero-order valence-corrected chi connectivity index (χ0v) is 10.8. The van der Waals surface area contributed by atoms with E-state index in [1.165, 1.54) is 6.07 Å². The van der Waals surface area contributed by atoms with Crippen LogP contribution in [-0.2, 0) is 11.3 Å². The second-order valence-electron chi connectivity index (χ2n) is 4.09. The number of likely N-dealkylation sites (tertiary alicyclic amines) is 1. The molecule has 2 nitrogen and oxygen atoms in total. The molecule has 0 bridgehead atoms. The van der Waals surface area contributed by atoms with Crippen LogP contribution >= 0.6 is 15.9 Å². The topological polar surface area (TPSA) is 12.5 Å². The largest absolute Gasteiger partial charge is 0.380 e. The fourth-order valence-corrected chi connectivity index (χ4v) is 2.43. The Morgan fingerprint density at radius 1 is 1.56 bits per heavy atom. The standard InChI is InChI=1S/C12H15BrFNO/c1-16-10-5-6-15(8-10)7-9-3-2-4-11(14)12(9)13/h2-4,10H,5-8H2,1H3/t10-/m0/s1. The molecule has 0 radical (unpaired) electrons. The van der Waals surface area contributed by atoms with E-state index in [4.69, 9.17) is 4.74 Å². The zero-order valence-electron chi connectivity index (χ0n) is 9.25. The molecule has 2 rings (SSSR count). The minimum atomic E-state index is -0.194. The number of halogens is 2. The Bertz CT molecular complexity index is 372. The van der Waals surface area contributed by atoms with E-state index in [-0.39, 0.29) is 5.82 Å². The average molecular weight is 288 g/mol. The Morgan fingerprint density at radius 2 is 2.38 bits per heavy atom. The molecule has 1 aliphatic rings. The van der Waals surface area contributed by atoms with Gasteiger partial charge in [-0.05, 0) is 34.0 Å². The molecule has 0 saturated carbocycles. The van der Waals surface area contributed by atoms with Crippen LogP contribution in [0, 0.1) is 5.82 Å². The second-order valence-corrected chi connectivity index (χ2v) is 4.89. The van der Waals surface area contributed by atoms with E-state index < -0.39 is 0 Å². The Kier molecular flexibility index (Phi) is 3.95. The van der Waals surface area contributed by atoms with Crippen LogP contribution in [0.15, 0.2) is 22.7 Å². The van der Waals surface area contributed by atoms with E-state index in [9.17, 15) is 4.39 Å². The Balaban J connectivity index is 2.02. The summed E-state index contributed by atoms with van der Waals surface area (Å²) in [5.74, 6) is -0.194. The third kappa shape index (κ3) is 2.62. The van der Waals surface area contributed by atoms with Gasteiger partial charge in [-0.1, -0.05) is 12.1 Å². The number of nitrogens with zero attached hydrogens (tertiary/aromatic N) is 1. The van der Waals surface area contributed by atoms with Gasteiger partial charge in [-0.15, -0.1) is 0 Å². The van der Waals surface area contributed by atoms with Crippen molar-refractivity contribution in [1.29, 1.82) is 0 Å². The van der Waals surface area contributed by atoms with Crippen LogP contribution in [0.1, 0.15) is 12.0 Å². The third-order valence-corrected chi connectivity index (χ3v) is 3.88. The molecular formula is C12H15BrFNO. The third-order valence-electron chi connectivity index (χ3n) is 2.99. The molecule has 1 fully saturated rings. The first-order valence-corrected chi connectivity index (χ1v) is 6.18. The van der Waals surface area contributed by atoms with Gasteiger partial charge in [0.2, 0.25) is 0 Å².